The van der Waals surface area contributed by atoms with Gasteiger partial charge in [-0.15, -0.1) is 0 Å². The van der Waals surface area contributed by atoms with Gasteiger partial charge in [0.2, 0.25) is 0 Å². The van der Waals surface area contributed by atoms with Gasteiger partial charge < -0.3 is 4.74 Å². The third kappa shape index (κ3) is 2.30. The molecule has 98 valence electrons. The molecule has 3 N–H and O–H groups in total. The van der Waals surface area contributed by atoms with Crippen LogP contribution < -0.4 is 11.3 Å². The molecule has 1 saturated carbocycles. The van der Waals surface area contributed by atoms with Crippen molar-refractivity contribution in [3.8, 4) is 0 Å². The zero-order chi connectivity index (χ0) is 12.4. The van der Waals surface area contributed by atoms with Crippen LogP contribution in [0.15, 0.2) is 24.3 Å². The van der Waals surface area contributed by atoms with E-state index in [2.05, 4.69) is 29.7 Å². The smallest absolute Gasteiger partial charge is 0.0994 e. The van der Waals surface area contributed by atoms with Crippen LogP contribution in [0.25, 0.3) is 0 Å². The molecule has 0 saturated heterocycles. The zero-order valence-corrected chi connectivity index (χ0v) is 10.8. The maximum atomic E-state index is 5.98. The Labute approximate surface area is 109 Å². The standard InChI is InChI=1S/C15H22N2O/c16-17-14(10-11-4-3-5-11)15-13-7-2-1-6-12(13)8-9-18-15/h1-2,6-7,11,14-15,17H,3-5,8-10,16H2. The summed E-state index contributed by atoms with van der Waals surface area (Å²) in [6.45, 7) is 0.810. The lowest BCUT2D eigenvalue weighted by molar-refractivity contribution is 0.00578. The van der Waals surface area contributed by atoms with Gasteiger partial charge in [-0.1, -0.05) is 43.5 Å². The fourth-order valence-corrected chi connectivity index (χ4v) is 3.12. The van der Waals surface area contributed by atoms with Gasteiger partial charge in [0, 0.05) is 0 Å². The van der Waals surface area contributed by atoms with Crippen molar-refractivity contribution in [3.63, 3.8) is 0 Å². The number of hydrogen-bond acceptors (Lipinski definition) is 3. The van der Waals surface area contributed by atoms with E-state index in [1.807, 2.05) is 0 Å². The maximum Gasteiger partial charge on any atom is 0.0994 e. The monoisotopic (exact) mass is 246 g/mol. The molecule has 1 aromatic rings. The Morgan fingerprint density at radius 1 is 1.33 bits per heavy atom. The van der Waals surface area contributed by atoms with Gasteiger partial charge in [0.25, 0.3) is 0 Å². The summed E-state index contributed by atoms with van der Waals surface area (Å²) in [5.74, 6) is 6.59. The summed E-state index contributed by atoms with van der Waals surface area (Å²) in [6, 6.07) is 8.85. The van der Waals surface area contributed by atoms with Crippen molar-refractivity contribution in [3.05, 3.63) is 35.4 Å². The van der Waals surface area contributed by atoms with Gasteiger partial charge in [0.15, 0.2) is 0 Å². The van der Waals surface area contributed by atoms with E-state index in [-0.39, 0.29) is 12.1 Å². The Balaban J connectivity index is 1.77. The molecule has 2 aliphatic rings. The van der Waals surface area contributed by atoms with Crippen molar-refractivity contribution in [1.29, 1.82) is 0 Å². The van der Waals surface area contributed by atoms with Gasteiger partial charge >= 0.3 is 0 Å². The van der Waals surface area contributed by atoms with Crippen LogP contribution in [0.2, 0.25) is 0 Å². The summed E-state index contributed by atoms with van der Waals surface area (Å²) in [4.78, 5) is 0. The van der Waals surface area contributed by atoms with Crippen LogP contribution in [0, 0.1) is 5.92 Å². The van der Waals surface area contributed by atoms with Gasteiger partial charge in [-0.2, -0.15) is 0 Å². The third-order valence-electron chi connectivity index (χ3n) is 4.42. The molecule has 1 heterocycles. The first-order valence-corrected chi connectivity index (χ1v) is 7.04. The highest BCUT2D eigenvalue weighted by atomic mass is 16.5. The van der Waals surface area contributed by atoms with Gasteiger partial charge in [-0.3, -0.25) is 11.3 Å². The fraction of sp³-hybridized carbons (Fsp3) is 0.600. The number of fused-ring (bicyclic) bond motifs is 1. The van der Waals surface area contributed by atoms with Crippen molar-refractivity contribution in [2.24, 2.45) is 11.8 Å². The number of benzene rings is 1. The highest BCUT2D eigenvalue weighted by Gasteiger charge is 2.31. The molecule has 1 fully saturated rings. The van der Waals surface area contributed by atoms with E-state index in [4.69, 9.17) is 10.6 Å². The average Bonchev–Trinajstić information content (AvgIpc) is 2.38. The molecule has 3 heteroatoms. The first kappa shape index (κ1) is 12.2. The Morgan fingerprint density at radius 3 is 2.89 bits per heavy atom. The molecule has 3 nitrogen and oxygen atoms in total. The molecule has 0 bridgehead atoms. The van der Waals surface area contributed by atoms with Crippen LogP contribution in [0.3, 0.4) is 0 Å². The largest absolute Gasteiger partial charge is 0.371 e. The van der Waals surface area contributed by atoms with Crippen molar-refractivity contribution < 1.29 is 4.74 Å². The second kappa shape index (κ2) is 5.39. The van der Waals surface area contributed by atoms with Crippen LogP contribution in [-0.2, 0) is 11.2 Å². The molecule has 0 aromatic heterocycles. The molecule has 1 aromatic carbocycles. The minimum Gasteiger partial charge on any atom is -0.371 e. The number of nitrogens with one attached hydrogen (secondary N) is 1. The van der Waals surface area contributed by atoms with E-state index in [0.717, 1.165) is 25.4 Å². The predicted molar refractivity (Wildman–Crippen MR) is 71.9 cm³/mol. The van der Waals surface area contributed by atoms with Gasteiger partial charge in [0.05, 0.1) is 18.8 Å². The average molecular weight is 246 g/mol. The first-order chi connectivity index (χ1) is 8.88. The van der Waals surface area contributed by atoms with Gasteiger partial charge in [-0.25, -0.2) is 0 Å². The molecular formula is C15H22N2O. The Kier molecular flexibility index (Phi) is 3.64. The normalized spacial score (nSPS) is 25.3. The minimum atomic E-state index is 0.126. The molecule has 2 atom stereocenters. The van der Waals surface area contributed by atoms with E-state index in [9.17, 15) is 0 Å². The summed E-state index contributed by atoms with van der Waals surface area (Å²) in [7, 11) is 0. The van der Waals surface area contributed by atoms with Crippen LogP contribution in [-0.4, -0.2) is 12.6 Å². The van der Waals surface area contributed by atoms with Crippen LogP contribution in [0.1, 0.15) is 42.9 Å². The lowest BCUT2D eigenvalue weighted by atomic mass is 9.78. The molecule has 18 heavy (non-hydrogen) atoms. The summed E-state index contributed by atoms with van der Waals surface area (Å²) in [5.41, 5.74) is 5.73. The summed E-state index contributed by atoms with van der Waals surface area (Å²) < 4.78 is 5.98. The van der Waals surface area contributed by atoms with E-state index in [0.29, 0.717) is 0 Å². The number of ether oxygens (including phenoxy) is 1. The fourth-order valence-electron chi connectivity index (χ4n) is 3.12. The summed E-state index contributed by atoms with van der Waals surface area (Å²) in [6.07, 6.45) is 6.37. The van der Waals surface area contributed by atoms with Crippen LogP contribution in [0.5, 0.6) is 0 Å². The number of hydrogen-bond donors (Lipinski definition) is 2. The number of nitrogens with two attached hydrogens (primary N) is 1. The molecule has 3 rings (SSSR count). The molecule has 2 unspecified atom stereocenters. The zero-order valence-electron chi connectivity index (χ0n) is 10.8. The Hall–Kier alpha value is -0.900. The van der Waals surface area contributed by atoms with Crippen LogP contribution in [0.4, 0.5) is 0 Å². The molecule has 0 radical (unpaired) electrons. The Bertz CT molecular complexity index is 403. The van der Waals surface area contributed by atoms with E-state index >= 15 is 0 Å². The van der Waals surface area contributed by atoms with Crippen molar-refractivity contribution in [2.45, 2.75) is 44.2 Å². The second-order valence-electron chi connectivity index (χ2n) is 5.55. The van der Waals surface area contributed by atoms with Gasteiger partial charge in [-0.05, 0) is 29.9 Å². The summed E-state index contributed by atoms with van der Waals surface area (Å²) >= 11 is 0. The number of hydrazine groups is 1. The lowest BCUT2D eigenvalue weighted by Gasteiger charge is -2.36. The SMILES string of the molecule is NNC(CC1CCC1)C1OCCc2ccccc21. The molecule has 1 aliphatic carbocycles. The topological polar surface area (TPSA) is 47.3 Å². The first-order valence-electron chi connectivity index (χ1n) is 7.04. The molecular weight excluding hydrogens is 224 g/mol. The lowest BCUT2D eigenvalue weighted by Crippen LogP contribution is -2.44. The Morgan fingerprint density at radius 2 is 2.17 bits per heavy atom. The quantitative estimate of drug-likeness (QED) is 0.633. The maximum absolute atomic E-state index is 5.98. The third-order valence-corrected chi connectivity index (χ3v) is 4.42. The highest BCUT2D eigenvalue weighted by molar-refractivity contribution is 5.31. The second-order valence-corrected chi connectivity index (χ2v) is 5.55. The van der Waals surface area contributed by atoms with E-state index in [1.165, 1.54) is 30.4 Å². The van der Waals surface area contributed by atoms with Crippen LogP contribution >= 0.6 is 0 Å². The van der Waals surface area contributed by atoms with Crippen molar-refractivity contribution in [1.82, 2.24) is 5.43 Å². The van der Waals surface area contributed by atoms with E-state index in [1.54, 1.807) is 0 Å². The number of rotatable bonds is 4. The van der Waals surface area contributed by atoms with Crippen molar-refractivity contribution in [2.75, 3.05) is 6.61 Å². The summed E-state index contributed by atoms with van der Waals surface area (Å²) in [5, 5.41) is 0. The van der Waals surface area contributed by atoms with Gasteiger partial charge in [0.1, 0.15) is 0 Å². The minimum absolute atomic E-state index is 0.126. The molecule has 0 spiro atoms. The highest BCUT2D eigenvalue weighted by Crippen LogP contribution is 2.36. The molecule has 0 amide bonds. The van der Waals surface area contributed by atoms with Crippen molar-refractivity contribution >= 4 is 0 Å². The predicted octanol–water partition coefficient (Wildman–Crippen LogP) is 2.32. The van der Waals surface area contributed by atoms with E-state index < -0.39 is 0 Å². The molecule has 1 aliphatic heterocycles.